The van der Waals surface area contributed by atoms with Gasteiger partial charge < -0.3 is 5.32 Å². The van der Waals surface area contributed by atoms with Crippen LogP contribution in [0.2, 0.25) is 0 Å². The first-order valence-corrected chi connectivity index (χ1v) is 8.15. The van der Waals surface area contributed by atoms with E-state index in [4.69, 9.17) is 0 Å². The minimum atomic E-state index is -0.449. The van der Waals surface area contributed by atoms with Crippen molar-refractivity contribution in [1.82, 2.24) is 5.32 Å². The Balaban J connectivity index is 2.35. The first kappa shape index (κ1) is 15.6. The molecular weight excluding hydrogens is 344 g/mol. The molecule has 0 aliphatic heterocycles. The quantitative estimate of drug-likeness (QED) is 0.693. The van der Waals surface area contributed by atoms with Gasteiger partial charge in [-0.3, -0.25) is 0 Å². The summed E-state index contributed by atoms with van der Waals surface area (Å²) in [6.07, 6.45) is 0.963. The second-order valence-electron chi connectivity index (χ2n) is 4.47. The first-order valence-electron chi connectivity index (χ1n) is 6.54. The average molecular weight is 360 g/mol. The maximum absolute atomic E-state index is 14.0. The summed E-state index contributed by atoms with van der Waals surface area (Å²) in [7, 11) is 0. The van der Waals surface area contributed by atoms with Crippen molar-refractivity contribution in [3.63, 3.8) is 0 Å². The highest BCUT2D eigenvalue weighted by Gasteiger charge is 2.15. The van der Waals surface area contributed by atoms with Crippen LogP contribution in [0.1, 0.15) is 31.2 Å². The van der Waals surface area contributed by atoms with Gasteiger partial charge in [-0.2, -0.15) is 0 Å². The highest BCUT2D eigenvalue weighted by atomic mass is 79.9. The topological polar surface area (TPSA) is 12.0 Å². The van der Waals surface area contributed by atoms with E-state index in [-0.39, 0.29) is 10.5 Å². The van der Waals surface area contributed by atoms with Crippen molar-refractivity contribution in [2.45, 2.75) is 26.3 Å². The van der Waals surface area contributed by atoms with Crippen molar-refractivity contribution in [2.75, 3.05) is 6.54 Å². The van der Waals surface area contributed by atoms with Gasteiger partial charge in [0.25, 0.3) is 0 Å². The fourth-order valence-corrected chi connectivity index (χ4v) is 3.59. The smallest absolute Gasteiger partial charge is 0.138 e. The van der Waals surface area contributed by atoms with E-state index in [1.807, 2.05) is 12.1 Å². The Hall–Kier alpha value is -0.780. The van der Waals surface area contributed by atoms with Crippen molar-refractivity contribution in [3.05, 3.63) is 45.2 Å². The van der Waals surface area contributed by atoms with Crippen LogP contribution in [-0.4, -0.2) is 6.54 Å². The zero-order valence-corrected chi connectivity index (χ0v) is 13.7. The van der Waals surface area contributed by atoms with Crippen molar-refractivity contribution in [2.24, 2.45) is 0 Å². The van der Waals surface area contributed by atoms with Crippen LogP contribution in [0.25, 0.3) is 10.4 Å². The lowest BCUT2D eigenvalue weighted by molar-refractivity contribution is 0.545. The van der Waals surface area contributed by atoms with Gasteiger partial charge in [-0.05, 0) is 53.2 Å². The van der Waals surface area contributed by atoms with Crippen LogP contribution in [0.4, 0.5) is 8.78 Å². The average Bonchev–Trinajstić information content (AvgIpc) is 2.89. The molecule has 0 aliphatic carbocycles. The van der Waals surface area contributed by atoms with E-state index in [9.17, 15) is 8.78 Å². The Morgan fingerprint density at radius 3 is 2.60 bits per heavy atom. The van der Waals surface area contributed by atoms with Crippen LogP contribution in [0.5, 0.6) is 0 Å². The molecule has 2 aromatic rings. The molecule has 2 rings (SSSR count). The van der Waals surface area contributed by atoms with Crippen LogP contribution in [0.15, 0.2) is 28.7 Å². The van der Waals surface area contributed by atoms with E-state index in [1.54, 1.807) is 0 Å². The summed E-state index contributed by atoms with van der Waals surface area (Å²) in [4.78, 5) is 1.90. The number of benzene rings is 1. The zero-order valence-electron chi connectivity index (χ0n) is 11.3. The van der Waals surface area contributed by atoms with Crippen LogP contribution in [-0.2, 0) is 0 Å². The second-order valence-corrected chi connectivity index (χ2v) is 6.44. The number of thiophene rings is 1. The minimum absolute atomic E-state index is 0.148. The van der Waals surface area contributed by atoms with Crippen LogP contribution in [0.3, 0.4) is 0 Å². The van der Waals surface area contributed by atoms with Gasteiger partial charge >= 0.3 is 0 Å². The molecule has 0 fully saturated rings. The maximum Gasteiger partial charge on any atom is 0.138 e. The van der Waals surface area contributed by atoms with Gasteiger partial charge in [0.05, 0.1) is 4.47 Å². The van der Waals surface area contributed by atoms with Crippen LogP contribution < -0.4 is 5.32 Å². The van der Waals surface area contributed by atoms with Crippen LogP contribution in [0, 0.1) is 11.6 Å². The Labute approximate surface area is 130 Å². The minimum Gasteiger partial charge on any atom is -0.310 e. The summed E-state index contributed by atoms with van der Waals surface area (Å²) in [6, 6.07) is 6.51. The highest BCUT2D eigenvalue weighted by molar-refractivity contribution is 9.10. The molecule has 0 spiro atoms. The van der Waals surface area contributed by atoms with Crippen molar-refractivity contribution in [3.8, 4) is 10.4 Å². The van der Waals surface area contributed by atoms with Crippen LogP contribution >= 0.6 is 27.3 Å². The molecule has 0 aliphatic rings. The summed E-state index contributed by atoms with van der Waals surface area (Å²) in [6.45, 7) is 5.04. The summed E-state index contributed by atoms with van der Waals surface area (Å²) in [5.74, 6) is -0.863. The first-order chi connectivity index (χ1) is 9.56. The third kappa shape index (κ3) is 3.27. The Morgan fingerprint density at radius 2 is 1.95 bits per heavy atom. The van der Waals surface area contributed by atoms with Gasteiger partial charge in [0.2, 0.25) is 0 Å². The van der Waals surface area contributed by atoms with E-state index in [1.165, 1.54) is 23.5 Å². The molecule has 0 bridgehead atoms. The summed E-state index contributed by atoms with van der Waals surface area (Å²) < 4.78 is 27.7. The monoisotopic (exact) mass is 359 g/mol. The van der Waals surface area contributed by atoms with Gasteiger partial charge in [0.15, 0.2) is 0 Å². The van der Waals surface area contributed by atoms with E-state index in [0.29, 0.717) is 5.56 Å². The Morgan fingerprint density at radius 1 is 1.20 bits per heavy atom. The fourth-order valence-electron chi connectivity index (χ4n) is 2.09. The lowest BCUT2D eigenvalue weighted by Gasteiger charge is -2.13. The van der Waals surface area contributed by atoms with E-state index in [0.717, 1.165) is 22.7 Å². The molecule has 1 aromatic heterocycles. The fraction of sp³-hybridized carbons (Fsp3) is 0.333. The molecule has 1 nitrogen and oxygen atoms in total. The molecule has 1 atom stereocenters. The van der Waals surface area contributed by atoms with Gasteiger partial charge in [-0.25, -0.2) is 8.78 Å². The SMILES string of the molecule is CCNC(CC)c1ccc(-c2cc(F)c(Br)cc2F)s1. The largest absolute Gasteiger partial charge is 0.310 e. The number of rotatable bonds is 5. The zero-order chi connectivity index (χ0) is 14.7. The van der Waals surface area contributed by atoms with Crippen molar-refractivity contribution < 1.29 is 8.78 Å². The Bertz CT molecular complexity index is 598. The number of nitrogens with one attached hydrogen (secondary N) is 1. The molecule has 1 N–H and O–H groups in total. The van der Waals surface area contributed by atoms with E-state index in [2.05, 4.69) is 35.1 Å². The predicted octanol–water partition coefficient (Wildman–Crippen LogP) is 5.52. The lowest BCUT2D eigenvalue weighted by atomic mass is 10.1. The molecule has 0 saturated carbocycles. The second kappa shape index (κ2) is 6.78. The van der Waals surface area contributed by atoms with Gasteiger partial charge in [-0.15, -0.1) is 11.3 Å². The predicted molar refractivity (Wildman–Crippen MR) is 84.1 cm³/mol. The summed E-state index contributed by atoms with van der Waals surface area (Å²) in [5.41, 5.74) is 0.313. The molecule has 1 aromatic carbocycles. The van der Waals surface area contributed by atoms with Gasteiger partial charge in [-0.1, -0.05) is 13.8 Å². The summed E-state index contributed by atoms with van der Waals surface area (Å²) >= 11 is 4.49. The molecule has 20 heavy (non-hydrogen) atoms. The normalized spacial score (nSPS) is 12.7. The number of hydrogen-bond acceptors (Lipinski definition) is 2. The van der Waals surface area contributed by atoms with Gasteiger partial charge in [0.1, 0.15) is 11.6 Å². The summed E-state index contributed by atoms with van der Waals surface area (Å²) in [5, 5.41) is 3.38. The molecule has 0 saturated heterocycles. The molecule has 1 heterocycles. The molecule has 0 radical (unpaired) electrons. The standard InChI is InChI=1S/C15H16BrF2NS/c1-3-13(19-4-2)15-6-5-14(20-15)9-7-12(18)10(16)8-11(9)17/h5-8,13,19H,3-4H2,1-2H3. The molecule has 5 heteroatoms. The third-order valence-electron chi connectivity index (χ3n) is 3.10. The lowest BCUT2D eigenvalue weighted by Crippen LogP contribution is -2.18. The highest BCUT2D eigenvalue weighted by Crippen LogP contribution is 2.35. The third-order valence-corrected chi connectivity index (χ3v) is 4.94. The Kier molecular flexibility index (Phi) is 5.29. The van der Waals surface area contributed by atoms with Crippen molar-refractivity contribution in [1.29, 1.82) is 0 Å². The van der Waals surface area contributed by atoms with Crippen molar-refractivity contribution >= 4 is 27.3 Å². The molecule has 1 unspecified atom stereocenters. The maximum atomic E-state index is 14.0. The number of hydrogen-bond donors (Lipinski definition) is 1. The molecule has 0 amide bonds. The van der Waals surface area contributed by atoms with E-state index < -0.39 is 11.6 Å². The molecule has 108 valence electrons. The molecular formula is C15H16BrF2NS. The number of halogens is 3. The van der Waals surface area contributed by atoms with Gasteiger partial charge in [0, 0.05) is 21.4 Å². The van der Waals surface area contributed by atoms with E-state index >= 15 is 0 Å².